The van der Waals surface area contributed by atoms with Gasteiger partial charge in [0.2, 0.25) is 0 Å². The molecule has 2 rings (SSSR count). The second kappa shape index (κ2) is 7.49. The van der Waals surface area contributed by atoms with Crippen molar-refractivity contribution in [1.29, 1.82) is 0 Å². The molecule has 1 saturated heterocycles. The fraction of sp³-hybridized carbons (Fsp3) is 0.588. The third-order valence-corrected chi connectivity index (χ3v) is 3.43. The van der Waals surface area contributed by atoms with Crippen molar-refractivity contribution >= 4 is 11.8 Å². The first-order valence-electron chi connectivity index (χ1n) is 7.95. The molecular formula is C17H27N3O2. The Morgan fingerprint density at radius 2 is 2.23 bits per heavy atom. The molecule has 1 aromatic carbocycles. The largest absolute Gasteiger partial charge is 0.444 e. The third kappa shape index (κ3) is 5.93. The van der Waals surface area contributed by atoms with E-state index in [1.54, 1.807) is 0 Å². The van der Waals surface area contributed by atoms with Crippen LogP contribution in [-0.2, 0) is 11.3 Å². The summed E-state index contributed by atoms with van der Waals surface area (Å²) in [5.74, 6) is 0. The molecule has 1 aromatic rings. The fourth-order valence-electron chi connectivity index (χ4n) is 2.47. The first kappa shape index (κ1) is 16.6. The molecule has 122 valence electrons. The van der Waals surface area contributed by atoms with E-state index in [9.17, 15) is 4.79 Å². The third-order valence-electron chi connectivity index (χ3n) is 3.43. The van der Waals surface area contributed by atoms with Crippen LogP contribution in [0.25, 0.3) is 0 Å². The zero-order valence-electron chi connectivity index (χ0n) is 13.7. The summed E-state index contributed by atoms with van der Waals surface area (Å²) in [4.78, 5) is 11.7. The summed E-state index contributed by atoms with van der Waals surface area (Å²) in [6.45, 7) is 8.14. The Balaban J connectivity index is 1.84. The Labute approximate surface area is 132 Å². The quantitative estimate of drug-likeness (QED) is 0.800. The summed E-state index contributed by atoms with van der Waals surface area (Å²) >= 11 is 0. The first-order valence-corrected chi connectivity index (χ1v) is 7.95. The number of nitrogens with one attached hydrogen (secondary N) is 3. The fourth-order valence-corrected chi connectivity index (χ4v) is 2.47. The molecule has 0 aromatic heterocycles. The van der Waals surface area contributed by atoms with Crippen LogP contribution in [0.5, 0.6) is 0 Å². The highest BCUT2D eigenvalue weighted by Crippen LogP contribution is 2.15. The maximum Gasteiger partial charge on any atom is 0.407 e. The average molecular weight is 305 g/mol. The van der Waals surface area contributed by atoms with E-state index >= 15 is 0 Å². The smallest absolute Gasteiger partial charge is 0.407 e. The molecule has 0 radical (unpaired) electrons. The Kier molecular flexibility index (Phi) is 5.66. The molecule has 1 amide bonds. The SMILES string of the molecule is CC(C)(C)OC(=O)NCc1cccc(NC2CCCNC2)c1. The second-order valence-corrected chi connectivity index (χ2v) is 6.74. The molecule has 22 heavy (non-hydrogen) atoms. The number of amides is 1. The van der Waals surface area contributed by atoms with Crippen molar-refractivity contribution in [3.05, 3.63) is 29.8 Å². The molecule has 5 nitrogen and oxygen atoms in total. The number of hydrogen-bond donors (Lipinski definition) is 3. The van der Waals surface area contributed by atoms with E-state index in [1.165, 1.54) is 12.8 Å². The van der Waals surface area contributed by atoms with E-state index in [-0.39, 0.29) is 6.09 Å². The van der Waals surface area contributed by atoms with Gasteiger partial charge in [0, 0.05) is 24.8 Å². The van der Waals surface area contributed by atoms with Gasteiger partial charge in [-0.05, 0) is 57.9 Å². The predicted molar refractivity (Wildman–Crippen MR) is 89.0 cm³/mol. The molecule has 1 aliphatic heterocycles. The van der Waals surface area contributed by atoms with Gasteiger partial charge >= 0.3 is 6.09 Å². The second-order valence-electron chi connectivity index (χ2n) is 6.74. The molecular weight excluding hydrogens is 278 g/mol. The first-order chi connectivity index (χ1) is 10.4. The lowest BCUT2D eigenvalue weighted by atomic mass is 10.1. The minimum Gasteiger partial charge on any atom is -0.444 e. The van der Waals surface area contributed by atoms with E-state index in [1.807, 2.05) is 32.9 Å². The molecule has 1 fully saturated rings. The lowest BCUT2D eigenvalue weighted by Crippen LogP contribution is -2.38. The maximum atomic E-state index is 11.7. The van der Waals surface area contributed by atoms with Crippen molar-refractivity contribution in [2.24, 2.45) is 0 Å². The monoisotopic (exact) mass is 305 g/mol. The Morgan fingerprint density at radius 3 is 2.91 bits per heavy atom. The van der Waals surface area contributed by atoms with Gasteiger partial charge in [-0.3, -0.25) is 0 Å². The summed E-state index contributed by atoms with van der Waals surface area (Å²) in [5, 5.41) is 9.72. The predicted octanol–water partition coefficient (Wildman–Crippen LogP) is 2.88. The van der Waals surface area contributed by atoms with Crippen LogP contribution >= 0.6 is 0 Å². The van der Waals surface area contributed by atoms with Gasteiger partial charge in [-0.15, -0.1) is 0 Å². The van der Waals surface area contributed by atoms with Crippen molar-refractivity contribution < 1.29 is 9.53 Å². The standard InChI is InChI=1S/C17H27N3O2/c1-17(2,3)22-16(21)19-11-13-6-4-7-14(10-13)20-15-8-5-9-18-12-15/h4,6-7,10,15,18,20H,5,8-9,11-12H2,1-3H3,(H,19,21). The van der Waals surface area contributed by atoms with Gasteiger partial charge in [0.25, 0.3) is 0 Å². The molecule has 1 heterocycles. The van der Waals surface area contributed by atoms with Crippen molar-refractivity contribution in [1.82, 2.24) is 10.6 Å². The highest BCUT2D eigenvalue weighted by atomic mass is 16.6. The molecule has 1 atom stereocenters. The van der Waals surface area contributed by atoms with Gasteiger partial charge in [0.15, 0.2) is 0 Å². The molecule has 5 heteroatoms. The normalized spacial score (nSPS) is 18.6. The highest BCUT2D eigenvalue weighted by Gasteiger charge is 2.16. The summed E-state index contributed by atoms with van der Waals surface area (Å²) in [7, 11) is 0. The minimum absolute atomic E-state index is 0.387. The van der Waals surface area contributed by atoms with Gasteiger partial charge < -0.3 is 20.7 Å². The zero-order valence-corrected chi connectivity index (χ0v) is 13.7. The maximum absolute atomic E-state index is 11.7. The topological polar surface area (TPSA) is 62.4 Å². The summed E-state index contributed by atoms with van der Waals surface area (Å²) in [6, 6.07) is 8.62. The Morgan fingerprint density at radius 1 is 1.41 bits per heavy atom. The number of rotatable bonds is 4. The van der Waals surface area contributed by atoms with Gasteiger partial charge in [0.05, 0.1) is 0 Å². The number of piperidine rings is 1. The highest BCUT2D eigenvalue weighted by molar-refractivity contribution is 5.67. The summed E-state index contributed by atoms with van der Waals surface area (Å²) in [5.41, 5.74) is 1.68. The van der Waals surface area contributed by atoms with E-state index in [0.717, 1.165) is 24.3 Å². The number of carbonyl (C=O) groups excluding carboxylic acids is 1. The number of benzene rings is 1. The van der Waals surface area contributed by atoms with Crippen LogP contribution in [0.15, 0.2) is 24.3 Å². The van der Waals surface area contributed by atoms with Crippen LogP contribution in [-0.4, -0.2) is 30.8 Å². The molecule has 0 spiro atoms. The van der Waals surface area contributed by atoms with Gasteiger partial charge in [-0.25, -0.2) is 4.79 Å². The van der Waals surface area contributed by atoms with Crippen LogP contribution in [0.1, 0.15) is 39.2 Å². The van der Waals surface area contributed by atoms with Crippen LogP contribution < -0.4 is 16.0 Å². The van der Waals surface area contributed by atoms with E-state index in [4.69, 9.17) is 4.74 Å². The lowest BCUT2D eigenvalue weighted by molar-refractivity contribution is 0.0523. The van der Waals surface area contributed by atoms with Crippen LogP contribution in [0.4, 0.5) is 10.5 Å². The molecule has 0 aliphatic carbocycles. The molecule has 1 unspecified atom stereocenters. The number of anilines is 1. The van der Waals surface area contributed by atoms with E-state index in [2.05, 4.69) is 28.1 Å². The van der Waals surface area contributed by atoms with Crippen molar-refractivity contribution in [3.63, 3.8) is 0 Å². The van der Waals surface area contributed by atoms with Crippen molar-refractivity contribution in [2.45, 2.75) is 51.8 Å². The van der Waals surface area contributed by atoms with E-state index in [0.29, 0.717) is 12.6 Å². The number of hydrogen-bond acceptors (Lipinski definition) is 4. The van der Waals surface area contributed by atoms with Gasteiger partial charge in [0.1, 0.15) is 5.60 Å². The van der Waals surface area contributed by atoms with E-state index < -0.39 is 5.60 Å². The molecule has 1 aliphatic rings. The van der Waals surface area contributed by atoms with Crippen LogP contribution in [0.3, 0.4) is 0 Å². The van der Waals surface area contributed by atoms with Crippen molar-refractivity contribution in [3.8, 4) is 0 Å². The van der Waals surface area contributed by atoms with Gasteiger partial charge in [-0.1, -0.05) is 12.1 Å². The van der Waals surface area contributed by atoms with Crippen LogP contribution in [0, 0.1) is 0 Å². The number of alkyl carbamates (subject to hydrolysis) is 1. The Hall–Kier alpha value is -1.75. The van der Waals surface area contributed by atoms with Crippen molar-refractivity contribution in [2.75, 3.05) is 18.4 Å². The number of carbonyl (C=O) groups is 1. The zero-order chi connectivity index (χ0) is 16.0. The molecule has 3 N–H and O–H groups in total. The average Bonchev–Trinajstić information content (AvgIpc) is 2.45. The number of ether oxygens (including phenoxy) is 1. The lowest BCUT2D eigenvalue weighted by Gasteiger charge is -2.25. The van der Waals surface area contributed by atoms with Gasteiger partial charge in [-0.2, -0.15) is 0 Å². The summed E-state index contributed by atoms with van der Waals surface area (Å²) < 4.78 is 5.24. The molecule has 0 bridgehead atoms. The molecule has 0 saturated carbocycles. The Bertz CT molecular complexity index is 491. The van der Waals surface area contributed by atoms with Crippen LogP contribution in [0.2, 0.25) is 0 Å². The minimum atomic E-state index is -0.471. The summed E-state index contributed by atoms with van der Waals surface area (Å²) in [6.07, 6.45) is 2.01.